The third kappa shape index (κ3) is 6.15. The summed E-state index contributed by atoms with van der Waals surface area (Å²) >= 11 is 1.81. The Kier molecular flexibility index (Phi) is 10.8. The van der Waals surface area contributed by atoms with Crippen molar-refractivity contribution >= 4 is 29.2 Å². The van der Waals surface area contributed by atoms with E-state index in [-0.39, 0.29) is 14.9 Å². The van der Waals surface area contributed by atoms with Gasteiger partial charge >= 0.3 is 26.8 Å². The first kappa shape index (κ1) is 25.8. The normalized spacial score (nSPS) is 9.37. The first-order chi connectivity index (χ1) is 13.7. The van der Waals surface area contributed by atoms with Crippen molar-refractivity contribution in [3.63, 3.8) is 0 Å². The summed E-state index contributed by atoms with van der Waals surface area (Å²) in [5.41, 5.74) is 5.30. The Balaban J connectivity index is 0.000000281. The van der Waals surface area contributed by atoms with Gasteiger partial charge in [-0.05, 0) is 5.56 Å². The molecule has 0 bridgehead atoms. The fraction of sp³-hybridized carbons (Fsp3) is 0.0714. The molecule has 0 saturated heterocycles. The second kappa shape index (κ2) is 12.5. The van der Waals surface area contributed by atoms with Crippen LogP contribution in [-0.2, 0) is 19.2 Å². The van der Waals surface area contributed by atoms with E-state index in [2.05, 4.69) is 119 Å². The molecule has 0 nitrogen and oxygen atoms in total. The number of aryl methyl sites for hydroxylation is 2. The molecule has 152 valence electrons. The third-order valence-electron chi connectivity index (χ3n) is 4.74. The molecule has 5 aromatic rings. The van der Waals surface area contributed by atoms with Crippen LogP contribution in [0.2, 0.25) is 0 Å². The van der Waals surface area contributed by atoms with Crippen molar-refractivity contribution in [3.8, 4) is 11.1 Å². The summed E-state index contributed by atoms with van der Waals surface area (Å²) in [6.45, 7) is 4.27. The predicted molar refractivity (Wildman–Crippen MR) is 133 cm³/mol. The topological polar surface area (TPSA) is 0 Å². The van der Waals surface area contributed by atoms with Gasteiger partial charge in [-0.15, -0.1) is 75.1 Å². The van der Waals surface area contributed by atoms with Crippen molar-refractivity contribution in [2.75, 3.05) is 0 Å². The summed E-state index contributed by atoms with van der Waals surface area (Å²) in [5, 5.41) is 5.38. The van der Waals surface area contributed by atoms with Gasteiger partial charge in [-0.2, -0.15) is 12.1 Å². The molecular formula is C28H28SiTi-4. The van der Waals surface area contributed by atoms with Crippen molar-refractivity contribution in [1.82, 2.24) is 0 Å². The van der Waals surface area contributed by atoms with Crippen molar-refractivity contribution in [2.45, 2.75) is 13.8 Å². The molecule has 0 spiro atoms. The fourth-order valence-electron chi connectivity index (χ4n) is 3.56. The molecule has 0 atom stereocenters. The van der Waals surface area contributed by atoms with Crippen LogP contribution in [-0.4, -0.2) is 7.63 Å². The molecule has 0 N–H and O–H groups in total. The number of benzene rings is 3. The Morgan fingerprint density at radius 2 is 1.20 bits per heavy atom. The van der Waals surface area contributed by atoms with Gasteiger partial charge in [0.25, 0.3) is 0 Å². The summed E-state index contributed by atoms with van der Waals surface area (Å²) in [5.74, 6) is 0. The molecule has 5 rings (SSSR count). The summed E-state index contributed by atoms with van der Waals surface area (Å²) < 4.78 is 0. The third-order valence-corrected chi connectivity index (χ3v) is 4.74. The van der Waals surface area contributed by atoms with Crippen LogP contribution in [0.15, 0.2) is 97.1 Å². The van der Waals surface area contributed by atoms with Crippen LogP contribution in [0.3, 0.4) is 0 Å². The molecular weight excluding hydrogens is 412 g/mol. The summed E-state index contributed by atoms with van der Waals surface area (Å²) in [7, 11) is 2.97. The van der Waals surface area contributed by atoms with Gasteiger partial charge < -0.3 is 14.9 Å². The first-order valence-corrected chi connectivity index (χ1v) is 12.1. The van der Waals surface area contributed by atoms with E-state index in [0.717, 1.165) is 0 Å². The van der Waals surface area contributed by atoms with Gasteiger partial charge in [0.05, 0.1) is 0 Å². The number of hydrogen-bond acceptors (Lipinski definition) is 0. The molecule has 5 aromatic carbocycles. The Labute approximate surface area is 195 Å². The fourth-order valence-corrected chi connectivity index (χ4v) is 3.56. The van der Waals surface area contributed by atoms with E-state index in [4.69, 9.17) is 0 Å². The van der Waals surface area contributed by atoms with E-state index in [1.165, 1.54) is 43.8 Å². The quantitative estimate of drug-likeness (QED) is 0.183. The second-order valence-electron chi connectivity index (χ2n) is 6.87. The average Bonchev–Trinajstić information content (AvgIpc) is 3.31. The molecule has 30 heavy (non-hydrogen) atoms. The molecule has 0 saturated carbocycles. The van der Waals surface area contributed by atoms with Gasteiger partial charge in [0.15, 0.2) is 0 Å². The molecule has 0 aliphatic heterocycles. The van der Waals surface area contributed by atoms with Crippen LogP contribution in [0, 0.1) is 28.7 Å². The van der Waals surface area contributed by atoms with Crippen molar-refractivity contribution in [2.24, 2.45) is 0 Å². The van der Waals surface area contributed by atoms with Crippen molar-refractivity contribution in [3.05, 3.63) is 123 Å². The Morgan fingerprint density at radius 3 is 1.90 bits per heavy atom. The van der Waals surface area contributed by atoms with Gasteiger partial charge in [0.1, 0.15) is 0 Å². The van der Waals surface area contributed by atoms with Crippen LogP contribution < -0.4 is 0 Å². The van der Waals surface area contributed by atoms with E-state index < -0.39 is 0 Å². The monoisotopic (exact) mass is 440 g/mol. The first-order valence-electron chi connectivity index (χ1n) is 9.29. The zero-order valence-corrected chi connectivity index (χ0v) is 20.8. The van der Waals surface area contributed by atoms with Gasteiger partial charge in [0.2, 0.25) is 0 Å². The van der Waals surface area contributed by atoms with Crippen molar-refractivity contribution in [1.29, 1.82) is 0 Å². The molecule has 0 aliphatic rings. The maximum absolute atomic E-state index is 2.97. The summed E-state index contributed by atoms with van der Waals surface area (Å²) in [4.78, 5) is 0. The van der Waals surface area contributed by atoms with Crippen LogP contribution in [0.1, 0.15) is 11.1 Å². The van der Waals surface area contributed by atoms with Gasteiger partial charge in [-0.3, -0.25) is 0 Å². The molecule has 2 heteroatoms. The van der Waals surface area contributed by atoms with Gasteiger partial charge in [-0.1, -0.05) is 61.9 Å². The molecule has 2 radical (unpaired) electrons. The molecule has 0 aromatic heterocycles. The Morgan fingerprint density at radius 1 is 0.633 bits per heavy atom. The van der Waals surface area contributed by atoms with Crippen LogP contribution in [0.25, 0.3) is 32.7 Å². The van der Waals surface area contributed by atoms with E-state index >= 15 is 0 Å². The van der Waals surface area contributed by atoms with Gasteiger partial charge in [0, 0.05) is 0 Å². The zero-order chi connectivity index (χ0) is 19.9. The SMILES string of the molecule is Cc1cc2c(-c3ccccc3)cccc2[cH-]1.Cc1cc2ccccc2[cH-]1.[CH3-].[CH3-].[Si]=[Ti]. The van der Waals surface area contributed by atoms with E-state index in [0.29, 0.717) is 0 Å². The minimum atomic E-state index is 0. The van der Waals surface area contributed by atoms with Crippen LogP contribution in [0.5, 0.6) is 0 Å². The molecule has 0 aliphatic carbocycles. The minimum absolute atomic E-state index is 0. The molecule has 0 heterocycles. The van der Waals surface area contributed by atoms with Crippen LogP contribution in [0.4, 0.5) is 0 Å². The molecule has 0 fully saturated rings. The molecule has 0 unspecified atom stereocenters. The predicted octanol–water partition coefficient (Wildman–Crippen LogP) is 7.92. The number of hydrogen-bond donors (Lipinski definition) is 0. The summed E-state index contributed by atoms with van der Waals surface area (Å²) in [6, 6.07) is 34.4. The number of rotatable bonds is 1. The number of fused-ring (bicyclic) bond motifs is 2. The standard InChI is InChI=1S/C16H13.C10H9.2CH3.Si.Ti/c1-12-10-14-8-5-9-15(16(14)11-12)13-6-3-2-4-7-13;1-8-6-9-4-2-3-5-10(9)7-8;;;;/h2-11H,1H3;2-7H,1H3;2*1H3;;/q4*-1;;. The summed E-state index contributed by atoms with van der Waals surface area (Å²) in [6.07, 6.45) is 0. The average molecular weight is 440 g/mol. The molecule has 0 amide bonds. The van der Waals surface area contributed by atoms with E-state index in [9.17, 15) is 0 Å². The zero-order valence-electron chi connectivity index (χ0n) is 18.2. The van der Waals surface area contributed by atoms with E-state index in [1.54, 1.807) is 19.2 Å². The second-order valence-corrected chi connectivity index (χ2v) is 6.87. The Hall–Kier alpha value is -2.19. The Bertz CT molecular complexity index is 1130. The van der Waals surface area contributed by atoms with Crippen LogP contribution >= 0.6 is 0 Å². The maximum atomic E-state index is 2.97. The van der Waals surface area contributed by atoms with E-state index in [1.807, 2.05) is 0 Å². The van der Waals surface area contributed by atoms with Gasteiger partial charge in [-0.25, -0.2) is 0 Å². The van der Waals surface area contributed by atoms with Crippen molar-refractivity contribution < 1.29 is 19.2 Å².